The van der Waals surface area contributed by atoms with Crippen molar-refractivity contribution in [2.45, 2.75) is 46.0 Å². The number of aromatic nitrogens is 1. The summed E-state index contributed by atoms with van der Waals surface area (Å²) in [7, 11) is 0. The first-order chi connectivity index (χ1) is 19.7. The third-order valence-electron chi connectivity index (χ3n) is 7.08. The number of nitrogens with one attached hydrogen (secondary N) is 2. The molecule has 1 heterocycles. The van der Waals surface area contributed by atoms with Gasteiger partial charge in [-0.2, -0.15) is 25.3 Å². The Bertz CT molecular complexity index is 1330. The molecule has 0 aliphatic rings. The van der Waals surface area contributed by atoms with E-state index < -0.39 is 0 Å². The average Bonchev–Trinajstić information content (AvgIpc) is 3.21. The maximum absolute atomic E-state index is 13.4. The fraction of sp³-hybridized carbons (Fsp3) is 0.452. The van der Waals surface area contributed by atoms with Crippen molar-refractivity contribution in [2.75, 3.05) is 44.2 Å². The second-order valence-electron chi connectivity index (χ2n) is 10.2. The van der Waals surface area contributed by atoms with Crippen molar-refractivity contribution in [3.05, 3.63) is 69.9 Å². The van der Waals surface area contributed by atoms with E-state index in [1.54, 1.807) is 28.8 Å². The van der Waals surface area contributed by atoms with Crippen LogP contribution in [0.5, 0.6) is 0 Å². The zero-order valence-electron chi connectivity index (χ0n) is 23.9. The van der Waals surface area contributed by atoms with Gasteiger partial charge in [0.2, 0.25) is 11.8 Å². The summed E-state index contributed by atoms with van der Waals surface area (Å²) in [4.78, 5) is 40.1. The lowest BCUT2D eigenvalue weighted by molar-refractivity contribution is -0.122. The molecule has 0 bridgehead atoms. The molecule has 3 rings (SSSR count). The van der Waals surface area contributed by atoms with E-state index in [0.717, 1.165) is 60.1 Å². The first-order valence-electron chi connectivity index (χ1n) is 14.1. The quantitative estimate of drug-likeness (QED) is 0.133. The molecule has 41 heavy (non-hydrogen) atoms. The van der Waals surface area contributed by atoms with E-state index in [0.29, 0.717) is 54.6 Å². The van der Waals surface area contributed by atoms with Gasteiger partial charge >= 0.3 is 0 Å². The normalized spacial score (nSPS) is 11.3. The van der Waals surface area contributed by atoms with Crippen LogP contribution in [0, 0.1) is 13.8 Å². The van der Waals surface area contributed by atoms with Gasteiger partial charge in [-0.15, -0.1) is 0 Å². The van der Waals surface area contributed by atoms with Gasteiger partial charge < -0.3 is 10.6 Å². The zero-order chi connectivity index (χ0) is 29.8. The number of rotatable bonds is 16. The maximum Gasteiger partial charge on any atom is 0.262 e. The van der Waals surface area contributed by atoms with Crippen LogP contribution in [0.4, 0.5) is 0 Å². The smallest absolute Gasteiger partial charge is 0.262 e. The number of hydrogen-bond donors (Lipinski definition) is 4. The number of hydrogen-bond acceptors (Lipinski definition) is 6. The zero-order valence-corrected chi connectivity index (χ0v) is 26.5. The van der Waals surface area contributed by atoms with Gasteiger partial charge in [-0.3, -0.25) is 23.9 Å². The van der Waals surface area contributed by atoms with E-state index >= 15 is 0 Å². The van der Waals surface area contributed by atoms with E-state index in [1.807, 2.05) is 26.0 Å². The molecular formula is C31H41ClN4O3S2. The molecule has 222 valence electrons. The van der Waals surface area contributed by atoms with Crippen LogP contribution >= 0.6 is 36.9 Å². The van der Waals surface area contributed by atoms with Crippen molar-refractivity contribution in [3.8, 4) is 0 Å². The van der Waals surface area contributed by atoms with Crippen molar-refractivity contribution in [2.24, 2.45) is 0 Å². The number of fused-ring (bicyclic) bond motifs is 1. The number of halogens is 1. The van der Waals surface area contributed by atoms with Crippen LogP contribution in [-0.4, -0.2) is 71.4 Å². The number of thiol groups is 2. The third kappa shape index (κ3) is 9.81. The van der Waals surface area contributed by atoms with Gasteiger partial charge in [0, 0.05) is 59.2 Å². The Morgan fingerprint density at radius 2 is 1.61 bits per heavy atom. The Hall–Kier alpha value is -2.46. The molecular weight excluding hydrogens is 576 g/mol. The van der Waals surface area contributed by atoms with Gasteiger partial charge in [0.05, 0.1) is 12.1 Å². The standard InChI is InChI=1S/C31H41ClN4O3S2/c1-22-7-12-28-27(20-22)26(23(2)36(28)31(39)24-8-10-25(32)11-9-24)13-14-33-29(37)6-4-3-5-16-35(17-19-41)21-30(38)34-15-18-40/h7-12,20,40-41H,3-6,13-19,21H2,1-2H3,(H,33,37)(H,34,38). The monoisotopic (exact) mass is 616 g/mol. The predicted molar refractivity (Wildman–Crippen MR) is 175 cm³/mol. The predicted octanol–water partition coefficient (Wildman–Crippen LogP) is 5.10. The molecule has 0 radical (unpaired) electrons. The number of nitrogens with zero attached hydrogens (tertiary/aromatic N) is 2. The summed E-state index contributed by atoms with van der Waals surface area (Å²) < 4.78 is 1.76. The summed E-state index contributed by atoms with van der Waals surface area (Å²) in [5.41, 5.74) is 4.49. The largest absolute Gasteiger partial charge is 0.356 e. The molecule has 3 aromatic rings. The lowest BCUT2D eigenvalue weighted by atomic mass is 10.1. The lowest BCUT2D eigenvalue weighted by Crippen LogP contribution is -2.39. The van der Waals surface area contributed by atoms with Gasteiger partial charge in [-0.05, 0) is 81.6 Å². The SMILES string of the molecule is Cc1ccc2c(c1)c(CCNC(=O)CCCCCN(CCS)CC(=O)NCCS)c(C)n2C(=O)c1ccc(Cl)cc1. The van der Waals surface area contributed by atoms with E-state index in [1.165, 1.54) is 0 Å². The fourth-order valence-electron chi connectivity index (χ4n) is 4.97. The number of unbranched alkanes of at least 4 members (excludes halogenated alkanes) is 2. The van der Waals surface area contributed by atoms with Gasteiger partial charge in [0.1, 0.15) is 0 Å². The summed E-state index contributed by atoms with van der Waals surface area (Å²) in [6, 6.07) is 13.0. The molecule has 0 spiro atoms. The van der Waals surface area contributed by atoms with Crippen LogP contribution in [0.15, 0.2) is 42.5 Å². The van der Waals surface area contributed by atoms with Crippen LogP contribution in [0.25, 0.3) is 10.9 Å². The molecule has 0 fully saturated rings. The third-order valence-corrected chi connectivity index (χ3v) is 7.75. The molecule has 2 aromatic carbocycles. The number of benzene rings is 2. The van der Waals surface area contributed by atoms with Gasteiger partial charge in [0.15, 0.2) is 0 Å². The Balaban J connectivity index is 1.51. The first-order valence-corrected chi connectivity index (χ1v) is 15.8. The number of carbonyl (C=O) groups is 3. The Labute approximate surface area is 259 Å². The van der Waals surface area contributed by atoms with Crippen LogP contribution in [0.2, 0.25) is 5.02 Å². The minimum absolute atomic E-state index is 0.00285. The molecule has 0 saturated heterocycles. The molecule has 10 heteroatoms. The molecule has 0 aliphatic heterocycles. The van der Waals surface area contributed by atoms with E-state index in [9.17, 15) is 14.4 Å². The number of amides is 2. The van der Waals surface area contributed by atoms with Crippen molar-refractivity contribution in [1.82, 2.24) is 20.1 Å². The molecule has 2 N–H and O–H groups in total. The van der Waals surface area contributed by atoms with Gasteiger partial charge in [0.25, 0.3) is 5.91 Å². The van der Waals surface area contributed by atoms with Crippen LogP contribution in [-0.2, 0) is 16.0 Å². The number of aryl methyl sites for hydroxylation is 1. The minimum Gasteiger partial charge on any atom is -0.356 e. The summed E-state index contributed by atoms with van der Waals surface area (Å²) in [6.45, 7) is 6.96. The highest BCUT2D eigenvalue weighted by atomic mass is 35.5. The molecule has 7 nitrogen and oxygen atoms in total. The van der Waals surface area contributed by atoms with E-state index in [-0.39, 0.29) is 17.7 Å². The summed E-state index contributed by atoms with van der Waals surface area (Å²) in [5, 5.41) is 7.51. The van der Waals surface area contributed by atoms with Gasteiger partial charge in [-0.1, -0.05) is 29.7 Å². The van der Waals surface area contributed by atoms with Crippen molar-refractivity contribution in [1.29, 1.82) is 0 Å². The highest BCUT2D eigenvalue weighted by Gasteiger charge is 2.20. The van der Waals surface area contributed by atoms with Crippen molar-refractivity contribution >= 4 is 65.5 Å². The molecule has 0 atom stereocenters. The average molecular weight is 617 g/mol. The summed E-state index contributed by atoms with van der Waals surface area (Å²) >= 11 is 14.4. The summed E-state index contributed by atoms with van der Waals surface area (Å²) in [5.74, 6) is 1.23. The van der Waals surface area contributed by atoms with Crippen molar-refractivity contribution < 1.29 is 14.4 Å². The highest BCUT2D eigenvalue weighted by Crippen LogP contribution is 2.28. The van der Waals surface area contributed by atoms with E-state index in [4.69, 9.17) is 11.6 Å². The highest BCUT2D eigenvalue weighted by molar-refractivity contribution is 7.80. The van der Waals surface area contributed by atoms with Crippen LogP contribution < -0.4 is 10.6 Å². The molecule has 0 unspecified atom stereocenters. The Kier molecular flexibility index (Phi) is 13.6. The minimum atomic E-state index is -0.102. The maximum atomic E-state index is 13.4. The Morgan fingerprint density at radius 3 is 2.32 bits per heavy atom. The van der Waals surface area contributed by atoms with E-state index in [2.05, 4.69) is 46.9 Å². The first kappa shape index (κ1) is 33.0. The second-order valence-corrected chi connectivity index (χ2v) is 11.5. The second kappa shape index (κ2) is 16.9. The van der Waals surface area contributed by atoms with Crippen LogP contribution in [0.3, 0.4) is 0 Å². The topological polar surface area (TPSA) is 83.4 Å². The fourth-order valence-corrected chi connectivity index (χ4v) is 5.50. The number of carbonyl (C=O) groups excluding carboxylic acids is 3. The molecule has 0 saturated carbocycles. The lowest BCUT2D eigenvalue weighted by Gasteiger charge is -2.20. The molecule has 2 amide bonds. The van der Waals surface area contributed by atoms with Crippen molar-refractivity contribution in [3.63, 3.8) is 0 Å². The molecule has 0 aliphatic carbocycles. The molecule has 1 aromatic heterocycles. The van der Waals surface area contributed by atoms with Gasteiger partial charge in [-0.25, -0.2) is 0 Å². The Morgan fingerprint density at radius 1 is 0.878 bits per heavy atom. The summed E-state index contributed by atoms with van der Waals surface area (Å²) in [6.07, 6.45) is 3.71. The van der Waals surface area contributed by atoms with Crippen LogP contribution in [0.1, 0.15) is 52.9 Å².